The number of anilines is 2. The number of hydrogen-bond donors (Lipinski definition) is 1. The molecule has 27 heavy (non-hydrogen) atoms. The maximum Gasteiger partial charge on any atom is 0.240 e. The number of rotatable bonds is 4. The largest absolute Gasteiger partial charge is 0.368 e. The molecule has 2 N–H and O–H groups in total. The van der Waals surface area contributed by atoms with Gasteiger partial charge in [0.25, 0.3) is 0 Å². The second-order valence-electron chi connectivity index (χ2n) is 6.94. The number of para-hydroxylation sites is 2. The van der Waals surface area contributed by atoms with Crippen LogP contribution >= 0.6 is 11.8 Å². The van der Waals surface area contributed by atoms with E-state index in [4.69, 9.17) is 5.73 Å². The van der Waals surface area contributed by atoms with E-state index in [2.05, 4.69) is 29.2 Å². The molecule has 0 saturated carbocycles. The van der Waals surface area contributed by atoms with Crippen molar-refractivity contribution in [3.63, 3.8) is 0 Å². The molecule has 0 aliphatic carbocycles. The molecule has 1 saturated heterocycles. The maximum absolute atomic E-state index is 12.9. The Balaban J connectivity index is 1.54. The van der Waals surface area contributed by atoms with Crippen molar-refractivity contribution in [3.8, 4) is 0 Å². The summed E-state index contributed by atoms with van der Waals surface area (Å²) in [6.07, 6.45) is 2.91. The SMILES string of the molecule is NC(=O)C1CCCCN1C(=O)CCN1c2ccccc2Sc2ccccc21. The van der Waals surface area contributed by atoms with E-state index in [9.17, 15) is 9.59 Å². The molecule has 2 heterocycles. The standard InChI is InChI=1S/C21H23N3O2S/c22-21(26)17-9-5-6-13-24(17)20(25)12-14-23-15-7-1-3-10-18(15)27-19-11-4-2-8-16(19)23/h1-4,7-8,10-11,17H,5-6,9,12-14H2,(H2,22,26). The highest BCUT2D eigenvalue weighted by Crippen LogP contribution is 2.47. The topological polar surface area (TPSA) is 66.6 Å². The highest BCUT2D eigenvalue weighted by molar-refractivity contribution is 7.99. The molecule has 6 heteroatoms. The number of hydrogen-bond acceptors (Lipinski definition) is 4. The van der Waals surface area contributed by atoms with Crippen LogP contribution in [0.5, 0.6) is 0 Å². The van der Waals surface area contributed by atoms with Crippen molar-refractivity contribution in [1.82, 2.24) is 4.90 Å². The quantitative estimate of drug-likeness (QED) is 0.880. The summed E-state index contributed by atoms with van der Waals surface area (Å²) in [6, 6.07) is 16.1. The minimum Gasteiger partial charge on any atom is -0.368 e. The molecule has 1 fully saturated rings. The molecule has 4 rings (SSSR count). The highest BCUT2D eigenvalue weighted by atomic mass is 32.2. The fraction of sp³-hybridized carbons (Fsp3) is 0.333. The Labute approximate surface area is 163 Å². The van der Waals surface area contributed by atoms with Crippen molar-refractivity contribution in [2.24, 2.45) is 5.73 Å². The molecule has 5 nitrogen and oxygen atoms in total. The molecule has 140 valence electrons. The van der Waals surface area contributed by atoms with Gasteiger partial charge in [-0.05, 0) is 43.5 Å². The van der Waals surface area contributed by atoms with Crippen LogP contribution in [0.4, 0.5) is 11.4 Å². The first-order chi connectivity index (χ1) is 13.1. The van der Waals surface area contributed by atoms with Gasteiger partial charge in [0.15, 0.2) is 0 Å². The van der Waals surface area contributed by atoms with Crippen LogP contribution in [0.3, 0.4) is 0 Å². The van der Waals surface area contributed by atoms with Gasteiger partial charge in [0.1, 0.15) is 6.04 Å². The van der Waals surface area contributed by atoms with E-state index in [1.54, 1.807) is 16.7 Å². The molecule has 0 bridgehead atoms. The van der Waals surface area contributed by atoms with E-state index >= 15 is 0 Å². The normalized spacial score (nSPS) is 18.6. The van der Waals surface area contributed by atoms with Crippen LogP contribution in [0.15, 0.2) is 58.3 Å². The fourth-order valence-electron chi connectivity index (χ4n) is 3.90. The molecular formula is C21H23N3O2S. The van der Waals surface area contributed by atoms with Crippen LogP contribution in [0, 0.1) is 0 Å². The number of fused-ring (bicyclic) bond motifs is 2. The summed E-state index contributed by atoms with van der Waals surface area (Å²) in [4.78, 5) is 30.9. The molecule has 2 aromatic carbocycles. The van der Waals surface area contributed by atoms with Crippen molar-refractivity contribution < 1.29 is 9.59 Å². The average molecular weight is 382 g/mol. The Hall–Kier alpha value is -2.47. The zero-order valence-electron chi connectivity index (χ0n) is 15.1. The predicted molar refractivity (Wildman–Crippen MR) is 107 cm³/mol. The summed E-state index contributed by atoms with van der Waals surface area (Å²) >= 11 is 1.75. The van der Waals surface area contributed by atoms with Gasteiger partial charge in [0.2, 0.25) is 11.8 Å². The molecule has 0 spiro atoms. The first-order valence-electron chi connectivity index (χ1n) is 9.37. The number of nitrogens with zero attached hydrogens (tertiary/aromatic N) is 2. The van der Waals surface area contributed by atoms with Gasteiger partial charge in [0.05, 0.1) is 11.4 Å². The molecule has 0 radical (unpaired) electrons. The lowest BCUT2D eigenvalue weighted by Gasteiger charge is -2.36. The van der Waals surface area contributed by atoms with Gasteiger partial charge in [-0.25, -0.2) is 0 Å². The molecule has 0 aromatic heterocycles. The minimum atomic E-state index is -0.456. The van der Waals surface area contributed by atoms with E-state index in [-0.39, 0.29) is 5.91 Å². The smallest absolute Gasteiger partial charge is 0.240 e. The molecule has 1 atom stereocenters. The van der Waals surface area contributed by atoms with Gasteiger partial charge in [-0.2, -0.15) is 0 Å². The molecule has 1 unspecified atom stereocenters. The lowest BCUT2D eigenvalue weighted by atomic mass is 10.0. The first-order valence-corrected chi connectivity index (χ1v) is 10.2. The highest BCUT2D eigenvalue weighted by Gasteiger charge is 2.31. The van der Waals surface area contributed by atoms with Gasteiger partial charge >= 0.3 is 0 Å². The average Bonchev–Trinajstić information content (AvgIpc) is 2.70. The number of amides is 2. The number of piperidine rings is 1. The molecule has 2 amide bonds. The van der Waals surface area contributed by atoms with Crippen molar-refractivity contribution in [1.29, 1.82) is 0 Å². The van der Waals surface area contributed by atoms with Crippen LogP contribution in [-0.4, -0.2) is 35.8 Å². The van der Waals surface area contributed by atoms with E-state index < -0.39 is 11.9 Å². The summed E-state index contributed by atoms with van der Waals surface area (Å²) in [6.45, 7) is 1.20. The summed E-state index contributed by atoms with van der Waals surface area (Å²) in [5, 5.41) is 0. The van der Waals surface area contributed by atoms with Crippen LogP contribution in [0.1, 0.15) is 25.7 Å². The predicted octanol–water partition coefficient (Wildman–Crippen LogP) is 3.55. The van der Waals surface area contributed by atoms with Crippen molar-refractivity contribution >= 4 is 35.0 Å². The number of nitrogens with two attached hydrogens (primary N) is 1. The second-order valence-corrected chi connectivity index (χ2v) is 8.02. The van der Waals surface area contributed by atoms with E-state index in [1.165, 1.54) is 9.79 Å². The van der Waals surface area contributed by atoms with Crippen LogP contribution < -0.4 is 10.6 Å². The van der Waals surface area contributed by atoms with Gasteiger partial charge in [0, 0.05) is 29.3 Å². The Kier molecular flexibility index (Phi) is 5.07. The number of benzene rings is 2. The second kappa shape index (κ2) is 7.64. The van der Waals surface area contributed by atoms with Crippen molar-refractivity contribution in [2.75, 3.05) is 18.0 Å². The fourth-order valence-corrected chi connectivity index (χ4v) is 4.99. The van der Waals surface area contributed by atoms with Gasteiger partial charge in [-0.15, -0.1) is 0 Å². The molecular weight excluding hydrogens is 358 g/mol. The van der Waals surface area contributed by atoms with Crippen LogP contribution in [0.25, 0.3) is 0 Å². The van der Waals surface area contributed by atoms with Crippen LogP contribution in [-0.2, 0) is 9.59 Å². The summed E-state index contributed by atoms with van der Waals surface area (Å²) in [5.41, 5.74) is 7.76. The number of carbonyl (C=O) groups excluding carboxylic acids is 2. The molecule has 2 aromatic rings. The Morgan fingerprint density at radius 1 is 1.00 bits per heavy atom. The van der Waals surface area contributed by atoms with Crippen molar-refractivity contribution in [3.05, 3.63) is 48.5 Å². The van der Waals surface area contributed by atoms with E-state index in [0.29, 0.717) is 25.9 Å². The van der Waals surface area contributed by atoms with E-state index in [0.717, 1.165) is 24.2 Å². The van der Waals surface area contributed by atoms with Crippen LogP contribution in [0.2, 0.25) is 0 Å². The molecule has 2 aliphatic rings. The Morgan fingerprint density at radius 2 is 1.63 bits per heavy atom. The zero-order valence-corrected chi connectivity index (χ0v) is 16.0. The number of primary amides is 1. The number of carbonyl (C=O) groups is 2. The van der Waals surface area contributed by atoms with Crippen molar-refractivity contribution in [2.45, 2.75) is 41.5 Å². The number of likely N-dealkylation sites (tertiary alicyclic amines) is 1. The maximum atomic E-state index is 12.9. The van der Waals surface area contributed by atoms with Gasteiger partial charge in [-0.3, -0.25) is 9.59 Å². The third kappa shape index (κ3) is 3.54. The molecule has 2 aliphatic heterocycles. The monoisotopic (exact) mass is 381 g/mol. The summed E-state index contributed by atoms with van der Waals surface area (Å²) in [5.74, 6) is -0.389. The zero-order chi connectivity index (χ0) is 18.8. The first kappa shape index (κ1) is 17.9. The third-order valence-electron chi connectivity index (χ3n) is 5.23. The lowest BCUT2D eigenvalue weighted by Crippen LogP contribution is -2.50. The summed E-state index contributed by atoms with van der Waals surface area (Å²) in [7, 11) is 0. The Bertz CT molecular complexity index is 825. The van der Waals surface area contributed by atoms with E-state index in [1.807, 2.05) is 24.3 Å². The lowest BCUT2D eigenvalue weighted by molar-refractivity contribution is -0.140. The minimum absolute atomic E-state index is 0.00619. The summed E-state index contributed by atoms with van der Waals surface area (Å²) < 4.78 is 0. The Morgan fingerprint density at radius 3 is 2.26 bits per heavy atom. The van der Waals surface area contributed by atoms with Gasteiger partial charge < -0.3 is 15.5 Å². The third-order valence-corrected chi connectivity index (χ3v) is 6.36. The van der Waals surface area contributed by atoms with Gasteiger partial charge in [-0.1, -0.05) is 36.0 Å².